The maximum Gasteiger partial charge on any atom is 0.513 e. The summed E-state index contributed by atoms with van der Waals surface area (Å²) in [7, 11) is 1.21. The number of hydrogen-bond donors (Lipinski definition) is 1. The van der Waals surface area contributed by atoms with E-state index in [1.165, 1.54) is 19.2 Å². The summed E-state index contributed by atoms with van der Waals surface area (Å²) >= 11 is 0. The molecule has 0 aromatic heterocycles. The number of unbranched alkanes of at least 4 members (excludes halogenated alkanes) is 3. The number of ether oxygens (including phenoxy) is 6. The number of esters is 2. The molecule has 0 saturated carbocycles. The lowest BCUT2D eigenvalue weighted by Gasteiger charge is -2.29. The van der Waals surface area contributed by atoms with Crippen molar-refractivity contribution < 1.29 is 47.6 Å². The first-order valence-electron chi connectivity index (χ1n) is 13.5. The van der Waals surface area contributed by atoms with Crippen molar-refractivity contribution in [1.82, 2.24) is 0 Å². The highest BCUT2D eigenvalue weighted by Crippen LogP contribution is 2.31. The van der Waals surface area contributed by atoms with E-state index in [4.69, 9.17) is 34.2 Å². The van der Waals surface area contributed by atoms with Gasteiger partial charge in [0.25, 0.3) is 0 Å². The van der Waals surface area contributed by atoms with Crippen molar-refractivity contribution in [2.75, 3.05) is 20.3 Å². The van der Waals surface area contributed by atoms with Crippen LogP contribution in [-0.4, -0.2) is 56.2 Å². The fourth-order valence-corrected chi connectivity index (χ4v) is 3.62. The summed E-state index contributed by atoms with van der Waals surface area (Å²) in [4.78, 5) is 49.1. The Morgan fingerprint density at radius 3 is 1.97 bits per heavy atom. The standard InChI is InChI=1S/C28H43NO10/c1-6-9-12-24(30)37-20(4)18-28(29,25(31)34-5)19-21-13-14-22(38-26(32)35-15-10-7-2)23(17-21)39-27(33)36-16-11-8-3/h13-14,17,20H,6-12,15-16,18-19,29H2,1-5H3/t20?,28-/m1/s1. The number of benzene rings is 1. The van der Waals surface area contributed by atoms with Crippen LogP contribution in [0, 0.1) is 0 Å². The molecule has 39 heavy (non-hydrogen) atoms. The van der Waals surface area contributed by atoms with Crippen LogP contribution in [0.25, 0.3) is 0 Å². The molecule has 220 valence electrons. The minimum Gasteiger partial charge on any atom is -0.468 e. The molecular weight excluding hydrogens is 510 g/mol. The zero-order chi connectivity index (χ0) is 29.3. The topological polar surface area (TPSA) is 150 Å². The molecule has 1 aromatic carbocycles. The number of carbonyl (C=O) groups is 4. The average Bonchev–Trinajstić information content (AvgIpc) is 2.88. The minimum absolute atomic E-state index is 0.0191. The predicted octanol–water partition coefficient (Wildman–Crippen LogP) is 5.24. The molecule has 1 aromatic rings. The summed E-state index contributed by atoms with van der Waals surface area (Å²) in [5, 5.41) is 0. The lowest BCUT2D eigenvalue weighted by molar-refractivity contribution is -0.155. The summed E-state index contributed by atoms with van der Waals surface area (Å²) < 4.78 is 31.0. The van der Waals surface area contributed by atoms with Gasteiger partial charge in [-0.05, 0) is 43.9 Å². The van der Waals surface area contributed by atoms with Gasteiger partial charge in [0.2, 0.25) is 0 Å². The fraction of sp³-hybridized carbons (Fsp3) is 0.643. The molecular formula is C28H43NO10. The third kappa shape index (κ3) is 12.8. The Labute approximate surface area is 230 Å². The van der Waals surface area contributed by atoms with Gasteiger partial charge in [-0.3, -0.25) is 9.59 Å². The van der Waals surface area contributed by atoms with Crippen molar-refractivity contribution in [3.63, 3.8) is 0 Å². The van der Waals surface area contributed by atoms with E-state index in [1.54, 1.807) is 13.0 Å². The SMILES string of the molecule is CCCCOC(=O)Oc1ccc(C[C@](N)(CC(C)OC(=O)CCCC)C(=O)OC)cc1OC(=O)OCCCC. The van der Waals surface area contributed by atoms with Gasteiger partial charge < -0.3 is 34.2 Å². The maximum absolute atomic E-state index is 12.7. The molecule has 2 atom stereocenters. The first-order chi connectivity index (χ1) is 18.6. The molecule has 11 heteroatoms. The lowest BCUT2D eigenvalue weighted by Crippen LogP contribution is -2.53. The number of rotatable bonds is 17. The Balaban J connectivity index is 3.16. The summed E-state index contributed by atoms with van der Waals surface area (Å²) in [6, 6.07) is 4.38. The van der Waals surface area contributed by atoms with E-state index in [9.17, 15) is 19.2 Å². The zero-order valence-electron chi connectivity index (χ0n) is 23.7. The first kappa shape index (κ1) is 33.7. The molecule has 0 heterocycles. The molecule has 0 spiro atoms. The second-order valence-corrected chi connectivity index (χ2v) is 9.32. The van der Waals surface area contributed by atoms with Crippen molar-refractivity contribution in [3.05, 3.63) is 23.8 Å². The van der Waals surface area contributed by atoms with Crippen LogP contribution in [0.1, 0.15) is 84.6 Å². The van der Waals surface area contributed by atoms with E-state index in [-0.39, 0.29) is 49.9 Å². The molecule has 0 aliphatic rings. The second-order valence-electron chi connectivity index (χ2n) is 9.32. The van der Waals surface area contributed by atoms with E-state index in [1.807, 2.05) is 20.8 Å². The van der Waals surface area contributed by atoms with Crippen LogP contribution in [0.15, 0.2) is 18.2 Å². The van der Waals surface area contributed by atoms with Crippen LogP contribution in [0.2, 0.25) is 0 Å². The molecule has 0 amide bonds. The van der Waals surface area contributed by atoms with Gasteiger partial charge in [-0.1, -0.05) is 46.1 Å². The zero-order valence-corrected chi connectivity index (χ0v) is 23.7. The highest BCUT2D eigenvalue weighted by molar-refractivity contribution is 5.81. The molecule has 0 fully saturated rings. The van der Waals surface area contributed by atoms with Crippen molar-refractivity contribution in [2.24, 2.45) is 5.73 Å². The van der Waals surface area contributed by atoms with Gasteiger partial charge in [0.05, 0.1) is 20.3 Å². The number of nitrogens with two attached hydrogens (primary N) is 1. The Morgan fingerprint density at radius 1 is 0.872 bits per heavy atom. The van der Waals surface area contributed by atoms with E-state index in [0.29, 0.717) is 24.8 Å². The smallest absolute Gasteiger partial charge is 0.468 e. The van der Waals surface area contributed by atoms with Crippen molar-refractivity contribution in [3.8, 4) is 11.5 Å². The lowest BCUT2D eigenvalue weighted by atomic mass is 9.86. The highest BCUT2D eigenvalue weighted by Gasteiger charge is 2.38. The largest absolute Gasteiger partial charge is 0.513 e. The quantitative estimate of drug-likeness (QED) is 0.117. The summed E-state index contributed by atoms with van der Waals surface area (Å²) in [6.07, 6.45) is 2.10. The van der Waals surface area contributed by atoms with Crippen LogP contribution in [0.5, 0.6) is 11.5 Å². The monoisotopic (exact) mass is 553 g/mol. The van der Waals surface area contributed by atoms with Crippen LogP contribution in [-0.2, 0) is 35.0 Å². The molecule has 0 radical (unpaired) electrons. The molecule has 0 saturated heterocycles. The van der Waals surface area contributed by atoms with Gasteiger partial charge in [-0.15, -0.1) is 0 Å². The minimum atomic E-state index is -1.57. The third-order valence-corrected chi connectivity index (χ3v) is 5.66. The Kier molecular flexibility index (Phi) is 15.6. The van der Waals surface area contributed by atoms with E-state index >= 15 is 0 Å². The normalized spacial score (nSPS) is 13.0. The van der Waals surface area contributed by atoms with Gasteiger partial charge in [-0.25, -0.2) is 9.59 Å². The maximum atomic E-state index is 12.7. The van der Waals surface area contributed by atoms with E-state index < -0.39 is 29.9 Å². The van der Waals surface area contributed by atoms with Crippen molar-refractivity contribution in [1.29, 1.82) is 0 Å². The van der Waals surface area contributed by atoms with Gasteiger partial charge >= 0.3 is 24.2 Å². The highest BCUT2D eigenvalue weighted by atomic mass is 16.7. The van der Waals surface area contributed by atoms with Crippen LogP contribution < -0.4 is 15.2 Å². The Hall–Kier alpha value is -3.34. The Bertz CT molecular complexity index is 935. The van der Waals surface area contributed by atoms with Gasteiger partial charge in [0.1, 0.15) is 11.6 Å². The summed E-state index contributed by atoms with van der Waals surface area (Å²) in [5.41, 5.74) is 5.37. The third-order valence-electron chi connectivity index (χ3n) is 5.66. The fourth-order valence-electron chi connectivity index (χ4n) is 3.62. The van der Waals surface area contributed by atoms with Crippen LogP contribution in [0.3, 0.4) is 0 Å². The molecule has 0 aliphatic heterocycles. The van der Waals surface area contributed by atoms with Gasteiger partial charge in [0.15, 0.2) is 11.5 Å². The first-order valence-corrected chi connectivity index (χ1v) is 13.5. The molecule has 1 rings (SSSR count). The molecule has 1 unspecified atom stereocenters. The van der Waals surface area contributed by atoms with Crippen molar-refractivity contribution >= 4 is 24.2 Å². The molecule has 11 nitrogen and oxygen atoms in total. The van der Waals surface area contributed by atoms with Crippen LogP contribution in [0.4, 0.5) is 9.59 Å². The number of carbonyl (C=O) groups excluding carboxylic acids is 4. The molecule has 0 bridgehead atoms. The van der Waals surface area contributed by atoms with E-state index in [2.05, 4.69) is 0 Å². The van der Waals surface area contributed by atoms with Gasteiger partial charge in [0, 0.05) is 19.3 Å². The number of hydrogen-bond acceptors (Lipinski definition) is 11. The Morgan fingerprint density at radius 2 is 1.44 bits per heavy atom. The second kappa shape index (κ2) is 18.0. The molecule has 0 aliphatic carbocycles. The van der Waals surface area contributed by atoms with E-state index in [0.717, 1.165) is 19.3 Å². The predicted molar refractivity (Wildman–Crippen MR) is 143 cm³/mol. The number of methoxy groups -OCH3 is 1. The van der Waals surface area contributed by atoms with Crippen molar-refractivity contribution in [2.45, 2.75) is 97.1 Å². The van der Waals surface area contributed by atoms with Gasteiger partial charge in [-0.2, -0.15) is 0 Å². The van der Waals surface area contributed by atoms with Crippen LogP contribution >= 0.6 is 0 Å². The molecule has 2 N–H and O–H groups in total. The summed E-state index contributed by atoms with van der Waals surface area (Å²) in [6.45, 7) is 7.85. The summed E-state index contributed by atoms with van der Waals surface area (Å²) in [5.74, 6) is -1.28. The average molecular weight is 554 g/mol.